The van der Waals surface area contributed by atoms with E-state index >= 15 is 0 Å². The smallest absolute Gasteiger partial charge is 0.278 e. The number of rotatable bonds is 6. The highest BCUT2D eigenvalue weighted by atomic mass is 32.1. The molecule has 2 aromatic heterocycles. The fraction of sp³-hybridized carbons (Fsp3) is 0.120. The molecular weight excluding hydrogens is 424 g/mol. The van der Waals surface area contributed by atoms with Gasteiger partial charge >= 0.3 is 0 Å². The van der Waals surface area contributed by atoms with E-state index < -0.39 is 0 Å². The number of carbonyl (C=O) groups is 1. The number of hydrogen-bond donors (Lipinski definition) is 0. The summed E-state index contributed by atoms with van der Waals surface area (Å²) in [7, 11) is 0. The Labute approximate surface area is 189 Å². The molecular formula is C25H20N2O4S. The zero-order valence-electron chi connectivity index (χ0n) is 17.1. The van der Waals surface area contributed by atoms with Gasteiger partial charge in [0.1, 0.15) is 30.2 Å². The zero-order chi connectivity index (χ0) is 21.8. The van der Waals surface area contributed by atoms with Crippen molar-refractivity contribution < 1.29 is 18.7 Å². The summed E-state index contributed by atoms with van der Waals surface area (Å²) >= 11 is 1.41. The second kappa shape index (κ2) is 9.11. The van der Waals surface area contributed by atoms with Crippen LogP contribution >= 0.6 is 11.3 Å². The second-order valence-electron chi connectivity index (χ2n) is 7.11. The van der Waals surface area contributed by atoms with Crippen molar-refractivity contribution in [2.75, 3.05) is 24.7 Å². The molecule has 2 aromatic carbocycles. The Morgan fingerprint density at radius 1 is 1.06 bits per heavy atom. The number of hydrogen-bond acceptors (Lipinski definition) is 6. The third-order valence-electron chi connectivity index (χ3n) is 4.97. The predicted molar refractivity (Wildman–Crippen MR) is 124 cm³/mol. The molecule has 1 aliphatic rings. The Morgan fingerprint density at radius 2 is 1.91 bits per heavy atom. The Morgan fingerprint density at radius 3 is 2.72 bits per heavy atom. The summed E-state index contributed by atoms with van der Waals surface area (Å²) < 4.78 is 16.5. The van der Waals surface area contributed by atoms with E-state index in [1.54, 1.807) is 22.8 Å². The average molecular weight is 445 g/mol. The lowest BCUT2D eigenvalue weighted by atomic mass is 10.2. The number of amides is 1. The topological polar surface area (TPSA) is 64.8 Å². The fourth-order valence-corrected chi connectivity index (χ4v) is 4.17. The molecule has 1 amide bonds. The van der Waals surface area contributed by atoms with Crippen molar-refractivity contribution in [1.29, 1.82) is 0 Å². The molecule has 5 rings (SSSR count). The van der Waals surface area contributed by atoms with E-state index in [0.717, 1.165) is 21.8 Å². The molecule has 160 valence electrons. The summed E-state index contributed by atoms with van der Waals surface area (Å²) in [5.74, 6) is 1.13. The van der Waals surface area contributed by atoms with E-state index in [2.05, 4.69) is 4.98 Å². The molecule has 0 unspecified atom stereocenters. The minimum absolute atomic E-state index is 0.189. The van der Waals surface area contributed by atoms with Crippen LogP contribution in [0.15, 0.2) is 83.0 Å². The number of aromatic nitrogens is 1. The third-order valence-corrected chi connectivity index (χ3v) is 5.86. The second-order valence-corrected chi connectivity index (χ2v) is 7.96. The lowest BCUT2D eigenvalue weighted by molar-refractivity contribution is 0.0985. The first-order chi connectivity index (χ1) is 15.8. The average Bonchev–Trinajstić information content (AvgIpc) is 3.54. The van der Waals surface area contributed by atoms with E-state index in [1.165, 1.54) is 11.3 Å². The van der Waals surface area contributed by atoms with Gasteiger partial charge in [-0.05, 0) is 23.8 Å². The largest absolute Gasteiger partial charge is 0.486 e. The molecule has 0 aliphatic carbocycles. The van der Waals surface area contributed by atoms with Gasteiger partial charge in [0, 0.05) is 29.2 Å². The number of anilines is 1. The molecule has 4 aromatic rings. The standard InChI is InChI=1S/C25H20N2O4S/c28-25(21-17-32-24(26-21)19-10-12-29-16-19)27(11-4-7-18-5-2-1-3-6-18)20-8-9-22-23(15-20)31-14-13-30-22/h1-10,12,15-17H,11,13-14H2/b7-4+. The highest BCUT2D eigenvalue weighted by Gasteiger charge is 2.22. The Kier molecular flexibility index (Phi) is 5.72. The summed E-state index contributed by atoms with van der Waals surface area (Å²) in [5, 5.41) is 2.51. The zero-order valence-corrected chi connectivity index (χ0v) is 18.0. The van der Waals surface area contributed by atoms with Crippen LogP contribution in [0.3, 0.4) is 0 Å². The summed E-state index contributed by atoms with van der Waals surface area (Å²) in [6.45, 7) is 1.38. The number of thiazole rings is 1. The van der Waals surface area contributed by atoms with Gasteiger partial charge < -0.3 is 18.8 Å². The van der Waals surface area contributed by atoms with Gasteiger partial charge in [-0.2, -0.15) is 0 Å². The normalized spacial score (nSPS) is 12.8. The van der Waals surface area contributed by atoms with Gasteiger partial charge in [-0.15, -0.1) is 11.3 Å². The SMILES string of the molecule is O=C(c1csc(-c2ccoc2)n1)N(C/C=C/c1ccccc1)c1ccc2c(c1)OCCO2. The molecule has 0 fully saturated rings. The van der Waals surface area contributed by atoms with Gasteiger partial charge in [0.25, 0.3) is 5.91 Å². The summed E-state index contributed by atoms with van der Waals surface area (Å²) in [6.07, 6.45) is 7.17. The van der Waals surface area contributed by atoms with Crippen molar-refractivity contribution in [1.82, 2.24) is 4.98 Å². The number of ether oxygens (including phenoxy) is 2. The Balaban J connectivity index is 1.45. The molecule has 0 spiro atoms. The van der Waals surface area contributed by atoms with Gasteiger partial charge in [-0.1, -0.05) is 42.5 Å². The summed E-state index contributed by atoms with van der Waals surface area (Å²) in [6, 6.07) is 17.3. The molecule has 0 N–H and O–H groups in total. The van der Waals surface area contributed by atoms with Crippen molar-refractivity contribution in [2.45, 2.75) is 0 Å². The third kappa shape index (κ3) is 4.29. The van der Waals surface area contributed by atoms with Crippen molar-refractivity contribution in [2.24, 2.45) is 0 Å². The van der Waals surface area contributed by atoms with Gasteiger partial charge in [-0.3, -0.25) is 4.79 Å². The maximum absolute atomic E-state index is 13.5. The number of furan rings is 1. The quantitative estimate of drug-likeness (QED) is 0.391. The maximum atomic E-state index is 13.5. The first-order valence-electron chi connectivity index (χ1n) is 10.2. The van der Waals surface area contributed by atoms with Gasteiger partial charge in [0.2, 0.25) is 0 Å². The van der Waals surface area contributed by atoms with E-state index in [4.69, 9.17) is 13.9 Å². The Hall–Kier alpha value is -3.84. The summed E-state index contributed by atoms with van der Waals surface area (Å²) in [5.41, 5.74) is 3.02. The van der Waals surface area contributed by atoms with Crippen LogP contribution < -0.4 is 14.4 Å². The lowest BCUT2D eigenvalue weighted by Crippen LogP contribution is -2.31. The first kappa shape index (κ1) is 20.1. The molecule has 3 heterocycles. The van der Waals surface area contributed by atoms with Crippen LogP contribution in [0.1, 0.15) is 16.1 Å². The molecule has 0 saturated carbocycles. The Bertz CT molecular complexity index is 1230. The number of nitrogens with zero attached hydrogens (tertiary/aromatic N) is 2. The maximum Gasteiger partial charge on any atom is 0.278 e. The molecule has 0 saturated heterocycles. The van der Waals surface area contributed by atoms with Crippen molar-refractivity contribution in [3.63, 3.8) is 0 Å². The number of benzene rings is 2. The van der Waals surface area contributed by atoms with Crippen molar-refractivity contribution >= 4 is 29.0 Å². The van der Waals surface area contributed by atoms with E-state index in [-0.39, 0.29) is 5.91 Å². The molecule has 32 heavy (non-hydrogen) atoms. The van der Waals surface area contributed by atoms with Crippen molar-refractivity contribution in [3.05, 3.63) is 89.8 Å². The van der Waals surface area contributed by atoms with Gasteiger partial charge in [0.15, 0.2) is 11.5 Å². The number of carbonyl (C=O) groups excluding carboxylic acids is 1. The van der Waals surface area contributed by atoms with Crippen molar-refractivity contribution in [3.8, 4) is 22.1 Å². The van der Waals surface area contributed by atoms with Crippen LogP contribution in [0.2, 0.25) is 0 Å². The highest BCUT2D eigenvalue weighted by Crippen LogP contribution is 2.35. The van der Waals surface area contributed by atoms with Crippen LogP contribution in [0, 0.1) is 0 Å². The molecule has 1 aliphatic heterocycles. The number of fused-ring (bicyclic) bond motifs is 1. The van der Waals surface area contributed by atoms with E-state index in [0.29, 0.717) is 37.0 Å². The monoisotopic (exact) mass is 444 g/mol. The van der Waals surface area contributed by atoms with Crippen LogP contribution in [-0.4, -0.2) is 30.6 Å². The van der Waals surface area contributed by atoms with Crippen LogP contribution in [0.4, 0.5) is 5.69 Å². The molecule has 0 radical (unpaired) electrons. The van der Waals surface area contributed by atoms with E-state index in [1.807, 2.05) is 66.7 Å². The van der Waals surface area contributed by atoms with Crippen LogP contribution in [-0.2, 0) is 0 Å². The summed E-state index contributed by atoms with van der Waals surface area (Å²) in [4.78, 5) is 19.7. The van der Waals surface area contributed by atoms with E-state index in [9.17, 15) is 4.79 Å². The molecule has 0 bridgehead atoms. The molecule has 0 atom stereocenters. The van der Waals surface area contributed by atoms with Gasteiger partial charge in [-0.25, -0.2) is 4.98 Å². The van der Waals surface area contributed by atoms with Crippen LogP contribution in [0.5, 0.6) is 11.5 Å². The first-order valence-corrected chi connectivity index (χ1v) is 11.1. The highest BCUT2D eigenvalue weighted by molar-refractivity contribution is 7.13. The molecule has 7 heteroatoms. The lowest BCUT2D eigenvalue weighted by Gasteiger charge is -2.24. The van der Waals surface area contributed by atoms with Crippen LogP contribution in [0.25, 0.3) is 16.6 Å². The van der Waals surface area contributed by atoms with Gasteiger partial charge in [0.05, 0.1) is 6.26 Å². The minimum Gasteiger partial charge on any atom is -0.486 e. The molecule has 6 nitrogen and oxygen atoms in total. The fourth-order valence-electron chi connectivity index (χ4n) is 3.39. The minimum atomic E-state index is -0.189. The predicted octanol–water partition coefficient (Wildman–Crippen LogP) is 5.53.